The highest BCUT2D eigenvalue weighted by Crippen LogP contribution is 2.37. The van der Waals surface area contributed by atoms with Gasteiger partial charge in [-0.05, 0) is 71.3 Å². The second kappa shape index (κ2) is 8.42. The number of pyridine rings is 2. The summed E-state index contributed by atoms with van der Waals surface area (Å²) in [6.45, 7) is 10.5. The molecule has 2 aromatic rings. The lowest BCUT2D eigenvalue weighted by Crippen LogP contribution is -2.41. The van der Waals surface area contributed by atoms with Crippen LogP contribution in [0.5, 0.6) is 0 Å². The molecule has 0 atom stereocenters. The highest BCUT2D eigenvalue weighted by molar-refractivity contribution is 6.62. The fraction of sp³-hybridized carbons (Fsp3) is 0.500. The molecule has 0 N–H and O–H groups in total. The summed E-state index contributed by atoms with van der Waals surface area (Å²) >= 11 is 0. The Hall–Kier alpha value is -2.14. The molecule has 0 amide bonds. The van der Waals surface area contributed by atoms with E-state index in [9.17, 15) is 26.3 Å². The molecule has 1 aliphatic rings. The number of hydrogen-bond acceptors (Lipinski definition) is 4. The Balaban J connectivity index is 0.000000262. The van der Waals surface area contributed by atoms with Crippen LogP contribution in [0.4, 0.5) is 26.3 Å². The van der Waals surface area contributed by atoms with E-state index < -0.39 is 42.1 Å². The normalized spacial score (nSPS) is 17.9. The molecule has 3 heterocycles. The molecule has 1 aliphatic heterocycles. The summed E-state index contributed by atoms with van der Waals surface area (Å²) in [5.41, 5.74) is -1.95. The predicted molar refractivity (Wildman–Crippen MR) is 104 cm³/mol. The largest absolute Gasteiger partial charge is 0.494 e. The summed E-state index contributed by atoms with van der Waals surface area (Å²) in [4.78, 5) is 6.83. The van der Waals surface area contributed by atoms with Gasteiger partial charge in [0.2, 0.25) is 0 Å². The molecule has 0 unspecified atom stereocenters. The zero-order valence-corrected chi connectivity index (χ0v) is 17.9. The summed E-state index contributed by atoms with van der Waals surface area (Å²) < 4.78 is 85.6. The van der Waals surface area contributed by atoms with Crippen LogP contribution in [0.25, 0.3) is 0 Å². The molecule has 0 radical (unpaired) electrons. The summed E-state index contributed by atoms with van der Waals surface area (Å²) in [6, 6.07) is 6.35. The minimum Gasteiger partial charge on any atom is -0.399 e. The van der Waals surface area contributed by atoms with Crippen molar-refractivity contribution in [3.05, 3.63) is 53.1 Å². The van der Waals surface area contributed by atoms with E-state index in [1.807, 2.05) is 27.7 Å². The van der Waals surface area contributed by atoms with Gasteiger partial charge in [-0.15, -0.1) is 0 Å². The Morgan fingerprint density at radius 2 is 1.23 bits per heavy atom. The van der Waals surface area contributed by atoms with Gasteiger partial charge in [-0.1, -0.05) is 6.07 Å². The molecule has 11 heteroatoms. The predicted octanol–water partition coefficient (Wildman–Crippen LogP) is 5.12. The molecule has 4 nitrogen and oxygen atoms in total. The van der Waals surface area contributed by atoms with E-state index in [0.717, 1.165) is 12.1 Å². The third-order valence-electron chi connectivity index (χ3n) is 4.97. The van der Waals surface area contributed by atoms with Gasteiger partial charge in [0.1, 0.15) is 11.4 Å². The lowest BCUT2D eigenvalue weighted by atomic mass is 9.79. The molecule has 3 rings (SSSR count). The highest BCUT2D eigenvalue weighted by Gasteiger charge is 2.52. The van der Waals surface area contributed by atoms with Crippen LogP contribution in [0.1, 0.15) is 50.5 Å². The van der Waals surface area contributed by atoms with Gasteiger partial charge in [0, 0.05) is 11.4 Å². The molecule has 1 saturated heterocycles. The molecule has 0 aromatic carbocycles. The number of aromatic nitrogens is 2. The first kappa shape index (κ1) is 25.1. The van der Waals surface area contributed by atoms with Gasteiger partial charge in [-0.3, -0.25) is 0 Å². The van der Waals surface area contributed by atoms with Crippen LogP contribution in [0.3, 0.4) is 0 Å². The van der Waals surface area contributed by atoms with Crippen LogP contribution >= 0.6 is 0 Å². The Bertz CT molecular complexity index is 913. The van der Waals surface area contributed by atoms with E-state index in [-0.39, 0.29) is 5.69 Å². The standard InChI is InChI=1S/C13H17BF3NO2.C7H6F3N/c1-8-6-9(7-10(18-8)13(15,16)17)14-19-11(2,3)12(4,5)20-14;1-5-3-2-4-6(11-5)7(8,9)10/h6-7H,1-5H3;2-4H,1H3. The smallest absolute Gasteiger partial charge is 0.399 e. The second-order valence-corrected chi connectivity index (χ2v) is 8.18. The molecule has 0 saturated carbocycles. The molecule has 0 aliphatic carbocycles. The Morgan fingerprint density at radius 3 is 1.65 bits per heavy atom. The van der Waals surface area contributed by atoms with Gasteiger partial charge < -0.3 is 9.31 Å². The van der Waals surface area contributed by atoms with Crippen LogP contribution in [0, 0.1) is 13.8 Å². The molecule has 170 valence electrons. The number of nitrogens with zero attached hydrogens (tertiary/aromatic N) is 2. The topological polar surface area (TPSA) is 44.2 Å². The van der Waals surface area contributed by atoms with E-state index in [4.69, 9.17) is 9.31 Å². The highest BCUT2D eigenvalue weighted by atomic mass is 19.4. The number of rotatable bonds is 1. The van der Waals surface area contributed by atoms with Crippen LogP contribution in [0.15, 0.2) is 30.3 Å². The van der Waals surface area contributed by atoms with Crippen molar-refractivity contribution in [1.82, 2.24) is 9.97 Å². The molecule has 2 aromatic heterocycles. The van der Waals surface area contributed by atoms with E-state index in [1.54, 1.807) is 6.07 Å². The maximum absolute atomic E-state index is 12.8. The van der Waals surface area contributed by atoms with Crippen LogP contribution in [0.2, 0.25) is 0 Å². The van der Waals surface area contributed by atoms with Gasteiger partial charge in [-0.25, -0.2) is 9.97 Å². The number of hydrogen-bond donors (Lipinski definition) is 0. The van der Waals surface area contributed by atoms with Gasteiger partial charge in [0.05, 0.1) is 11.2 Å². The lowest BCUT2D eigenvalue weighted by molar-refractivity contribution is -0.142. The van der Waals surface area contributed by atoms with E-state index in [2.05, 4.69) is 9.97 Å². The third kappa shape index (κ3) is 6.19. The maximum Gasteiger partial charge on any atom is 0.494 e. The van der Waals surface area contributed by atoms with Crippen molar-refractivity contribution >= 4 is 12.6 Å². The molecular weight excluding hydrogens is 425 g/mol. The summed E-state index contributed by atoms with van der Waals surface area (Å²) in [5.74, 6) is 0. The second-order valence-electron chi connectivity index (χ2n) is 8.18. The van der Waals surface area contributed by atoms with Crippen molar-refractivity contribution in [2.75, 3.05) is 0 Å². The van der Waals surface area contributed by atoms with Crippen molar-refractivity contribution < 1.29 is 35.7 Å². The Labute approximate surface area is 177 Å². The van der Waals surface area contributed by atoms with Crippen molar-refractivity contribution in [2.24, 2.45) is 0 Å². The quantitative estimate of drug-likeness (QED) is 0.449. The fourth-order valence-corrected chi connectivity index (χ4v) is 2.66. The molecule has 0 bridgehead atoms. The van der Waals surface area contributed by atoms with Crippen LogP contribution in [-0.4, -0.2) is 28.3 Å². The Morgan fingerprint density at radius 1 is 0.742 bits per heavy atom. The summed E-state index contributed by atoms with van der Waals surface area (Å²) in [7, 11) is -0.817. The van der Waals surface area contributed by atoms with E-state index in [1.165, 1.54) is 26.0 Å². The first-order valence-corrected chi connectivity index (χ1v) is 9.35. The average molecular weight is 448 g/mol. The SMILES string of the molecule is Cc1cc(B2OC(C)(C)C(C)(C)O2)cc(C(F)(F)F)n1.Cc1cccc(C(F)(F)F)n1. The van der Waals surface area contributed by atoms with E-state index in [0.29, 0.717) is 11.2 Å². The maximum atomic E-state index is 12.8. The van der Waals surface area contributed by atoms with Crippen molar-refractivity contribution in [3.63, 3.8) is 0 Å². The van der Waals surface area contributed by atoms with Gasteiger partial charge in [-0.2, -0.15) is 26.3 Å². The molecule has 31 heavy (non-hydrogen) atoms. The first-order chi connectivity index (χ1) is 13.9. The third-order valence-corrected chi connectivity index (χ3v) is 4.97. The number of halogens is 6. The first-order valence-electron chi connectivity index (χ1n) is 9.35. The lowest BCUT2D eigenvalue weighted by Gasteiger charge is -2.32. The number of alkyl halides is 6. The van der Waals surface area contributed by atoms with Crippen molar-refractivity contribution in [3.8, 4) is 0 Å². The van der Waals surface area contributed by atoms with E-state index >= 15 is 0 Å². The van der Waals surface area contributed by atoms with Gasteiger partial charge in [0.25, 0.3) is 0 Å². The summed E-state index contributed by atoms with van der Waals surface area (Å²) in [5, 5.41) is 0. The molecule has 0 spiro atoms. The minimum atomic E-state index is -4.48. The van der Waals surface area contributed by atoms with Crippen LogP contribution < -0.4 is 5.46 Å². The molecular formula is C20H23BF6N2O2. The zero-order chi connectivity index (χ0) is 23.8. The number of aryl methyl sites for hydroxylation is 2. The Kier molecular flexibility index (Phi) is 6.83. The zero-order valence-electron chi connectivity index (χ0n) is 17.9. The average Bonchev–Trinajstić information content (AvgIpc) is 2.81. The van der Waals surface area contributed by atoms with Crippen molar-refractivity contribution in [1.29, 1.82) is 0 Å². The van der Waals surface area contributed by atoms with Gasteiger partial charge in [0.15, 0.2) is 0 Å². The van der Waals surface area contributed by atoms with Crippen molar-refractivity contribution in [2.45, 2.75) is 65.1 Å². The summed E-state index contributed by atoms with van der Waals surface area (Å²) in [6.07, 6.45) is -8.81. The van der Waals surface area contributed by atoms with Gasteiger partial charge >= 0.3 is 19.5 Å². The monoisotopic (exact) mass is 448 g/mol. The molecule has 1 fully saturated rings. The minimum absolute atomic E-state index is 0.282. The fourth-order valence-electron chi connectivity index (χ4n) is 2.66. The van der Waals surface area contributed by atoms with Crippen LogP contribution in [-0.2, 0) is 21.7 Å².